The number of aromatic nitrogens is 1. The number of nitrogens with two attached hydrogens (primary N) is 1. The fraction of sp³-hybridized carbons (Fsp3) is 0.143. The Hall–Kier alpha value is -2.76. The standard InChI is InChI=1S/C14H15N3O3/c1-19-11-4-2-3-10(7-11)9-20-12-5-6-13(16-8-12)14(15)17-18/h2-8,18H,9H2,1H3,(H2,15,17). The van der Waals surface area contributed by atoms with Crippen LogP contribution >= 0.6 is 0 Å². The molecule has 6 heteroatoms. The van der Waals surface area contributed by atoms with Crippen molar-refractivity contribution in [1.82, 2.24) is 4.98 Å². The summed E-state index contributed by atoms with van der Waals surface area (Å²) in [7, 11) is 1.62. The van der Waals surface area contributed by atoms with Crippen LogP contribution in [0.2, 0.25) is 0 Å². The second-order valence-electron chi connectivity index (χ2n) is 4.00. The van der Waals surface area contributed by atoms with E-state index in [0.717, 1.165) is 11.3 Å². The Bertz CT molecular complexity index is 597. The molecular weight excluding hydrogens is 258 g/mol. The third-order valence-corrected chi connectivity index (χ3v) is 2.65. The van der Waals surface area contributed by atoms with E-state index in [1.807, 2.05) is 24.3 Å². The second-order valence-corrected chi connectivity index (χ2v) is 4.00. The van der Waals surface area contributed by atoms with Gasteiger partial charge in [-0.05, 0) is 29.8 Å². The van der Waals surface area contributed by atoms with Crippen molar-refractivity contribution in [3.05, 3.63) is 53.9 Å². The zero-order valence-electron chi connectivity index (χ0n) is 11.0. The van der Waals surface area contributed by atoms with Gasteiger partial charge < -0.3 is 20.4 Å². The van der Waals surface area contributed by atoms with Gasteiger partial charge in [0.2, 0.25) is 0 Å². The number of hydrogen-bond donors (Lipinski definition) is 2. The van der Waals surface area contributed by atoms with Crippen molar-refractivity contribution in [2.45, 2.75) is 6.61 Å². The highest BCUT2D eigenvalue weighted by molar-refractivity contribution is 5.95. The van der Waals surface area contributed by atoms with Crippen molar-refractivity contribution in [3.8, 4) is 11.5 Å². The molecule has 0 aliphatic rings. The highest BCUT2D eigenvalue weighted by Crippen LogP contribution is 2.16. The number of ether oxygens (including phenoxy) is 2. The summed E-state index contributed by atoms with van der Waals surface area (Å²) < 4.78 is 10.7. The summed E-state index contributed by atoms with van der Waals surface area (Å²) >= 11 is 0. The van der Waals surface area contributed by atoms with Gasteiger partial charge in [0.15, 0.2) is 5.84 Å². The number of oxime groups is 1. The van der Waals surface area contributed by atoms with Crippen LogP contribution in [-0.2, 0) is 6.61 Å². The van der Waals surface area contributed by atoms with E-state index in [1.54, 1.807) is 19.2 Å². The highest BCUT2D eigenvalue weighted by Gasteiger charge is 2.02. The Morgan fingerprint density at radius 3 is 2.80 bits per heavy atom. The van der Waals surface area contributed by atoms with Crippen molar-refractivity contribution in [2.24, 2.45) is 10.9 Å². The molecule has 0 radical (unpaired) electrons. The lowest BCUT2D eigenvalue weighted by molar-refractivity contribution is 0.304. The molecule has 0 saturated carbocycles. The van der Waals surface area contributed by atoms with E-state index in [2.05, 4.69) is 10.1 Å². The smallest absolute Gasteiger partial charge is 0.188 e. The predicted molar refractivity (Wildman–Crippen MR) is 74.1 cm³/mol. The SMILES string of the molecule is COc1cccc(COc2ccc(/C(N)=N/O)nc2)c1. The minimum absolute atomic E-state index is 0.0376. The average molecular weight is 273 g/mol. The summed E-state index contributed by atoms with van der Waals surface area (Å²) in [5.41, 5.74) is 6.80. The Kier molecular flexibility index (Phi) is 4.39. The first kappa shape index (κ1) is 13.7. The van der Waals surface area contributed by atoms with Gasteiger partial charge in [-0.15, -0.1) is 0 Å². The van der Waals surface area contributed by atoms with Gasteiger partial charge in [0.1, 0.15) is 23.8 Å². The van der Waals surface area contributed by atoms with E-state index in [9.17, 15) is 0 Å². The van der Waals surface area contributed by atoms with Crippen LogP contribution in [0.5, 0.6) is 11.5 Å². The van der Waals surface area contributed by atoms with E-state index in [-0.39, 0.29) is 5.84 Å². The molecule has 1 heterocycles. The lowest BCUT2D eigenvalue weighted by atomic mass is 10.2. The molecule has 0 amide bonds. The van der Waals surface area contributed by atoms with Crippen LogP contribution in [0.25, 0.3) is 0 Å². The van der Waals surface area contributed by atoms with Gasteiger partial charge in [0, 0.05) is 0 Å². The molecule has 0 saturated heterocycles. The van der Waals surface area contributed by atoms with E-state index >= 15 is 0 Å². The Balaban J connectivity index is 2.00. The maximum absolute atomic E-state index is 8.54. The Labute approximate surface area is 116 Å². The maximum atomic E-state index is 8.54. The van der Waals surface area contributed by atoms with Crippen molar-refractivity contribution < 1.29 is 14.7 Å². The first-order valence-electron chi connectivity index (χ1n) is 5.92. The van der Waals surface area contributed by atoms with Crippen LogP contribution in [0, 0.1) is 0 Å². The number of methoxy groups -OCH3 is 1. The van der Waals surface area contributed by atoms with Crippen molar-refractivity contribution in [3.63, 3.8) is 0 Å². The fourth-order valence-corrected chi connectivity index (χ4v) is 1.60. The van der Waals surface area contributed by atoms with Crippen LogP contribution in [0.15, 0.2) is 47.8 Å². The zero-order chi connectivity index (χ0) is 14.4. The fourth-order valence-electron chi connectivity index (χ4n) is 1.60. The van der Waals surface area contributed by atoms with Crippen LogP contribution in [0.1, 0.15) is 11.3 Å². The monoisotopic (exact) mass is 273 g/mol. The lowest BCUT2D eigenvalue weighted by Crippen LogP contribution is -2.14. The number of rotatable bonds is 5. The average Bonchev–Trinajstić information content (AvgIpc) is 2.53. The topological polar surface area (TPSA) is 90.0 Å². The molecule has 0 bridgehead atoms. The molecule has 0 aliphatic heterocycles. The van der Waals surface area contributed by atoms with Crippen LogP contribution in [-0.4, -0.2) is 23.1 Å². The van der Waals surface area contributed by atoms with Gasteiger partial charge in [-0.2, -0.15) is 0 Å². The molecule has 1 aromatic carbocycles. The molecule has 1 aromatic heterocycles. The van der Waals surface area contributed by atoms with Crippen molar-refractivity contribution >= 4 is 5.84 Å². The molecule has 2 rings (SSSR count). The molecule has 0 spiro atoms. The third-order valence-electron chi connectivity index (χ3n) is 2.65. The summed E-state index contributed by atoms with van der Waals surface area (Å²) in [5, 5.41) is 11.4. The number of hydrogen-bond acceptors (Lipinski definition) is 5. The molecule has 3 N–H and O–H groups in total. The maximum Gasteiger partial charge on any atom is 0.188 e. The van der Waals surface area contributed by atoms with E-state index in [0.29, 0.717) is 18.1 Å². The summed E-state index contributed by atoms with van der Waals surface area (Å²) in [4.78, 5) is 4.03. The van der Waals surface area contributed by atoms with Crippen molar-refractivity contribution in [2.75, 3.05) is 7.11 Å². The summed E-state index contributed by atoms with van der Waals surface area (Å²) in [6, 6.07) is 10.9. The highest BCUT2D eigenvalue weighted by atomic mass is 16.5. The van der Waals surface area contributed by atoms with Gasteiger partial charge in [0.05, 0.1) is 13.3 Å². The second kappa shape index (κ2) is 6.42. The first-order valence-corrected chi connectivity index (χ1v) is 5.92. The molecule has 2 aromatic rings. The van der Waals surface area contributed by atoms with Gasteiger partial charge in [-0.1, -0.05) is 17.3 Å². The van der Waals surface area contributed by atoms with E-state index < -0.39 is 0 Å². The number of amidine groups is 1. The van der Waals surface area contributed by atoms with Gasteiger partial charge in [0.25, 0.3) is 0 Å². The minimum atomic E-state index is -0.0376. The molecule has 104 valence electrons. The normalized spacial score (nSPS) is 11.2. The van der Waals surface area contributed by atoms with Gasteiger partial charge in [-0.25, -0.2) is 4.98 Å². The molecule has 20 heavy (non-hydrogen) atoms. The predicted octanol–water partition coefficient (Wildman–Crippen LogP) is 1.76. The minimum Gasteiger partial charge on any atom is -0.497 e. The summed E-state index contributed by atoms with van der Waals surface area (Å²) in [5.74, 6) is 1.35. The van der Waals surface area contributed by atoms with Gasteiger partial charge in [-0.3, -0.25) is 0 Å². The quantitative estimate of drug-likeness (QED) is 0.375. The van der Waals surface area contributed by atoms with Gasteiger partial charge >= 0.3 is 0 Å². The first-order chi connectivity index (χ1) is 9.72. The van der Waals surface area contributed by atoms with E-state index in [1.165, 1.54) is 6.20 Å². The Morgan fingerprint density at radius 2 is 2.15 bits per heavy atom. The molecule has 0 atom stereocenters. The van der Waals surface area contributed by atoms with Crippen LogP contribution in [0.4, 0.5) is 0 Å². The molecule has 6 nitrogen and oxygen atoms in total. The summed E-state index contributed by atoms with van der Waals surface area (Å²) in [6.07, 6.45) is 1.52. The summed E-state index contributed by atoms with van der Waals surface area (Å²) in [6.45, 7) is 0.405. The molecule has 0 fully saturated rings. The number of nitrogens with zero attached hydrogens (tertiary/aromatic N) is 2. The Morgan fingerprint density at radius 1 is 1.30 bits per heavy atom. The molecule has 0 aliphatic carbocycles. The third kappa shape index (κ3) is 3.38. The van der Waals surface area contributed by atoms with E-state index in [4.69, 9.17) is 20.4 Å². The number of benzene rings is 1. The van der Waals surface area contributed by atoms with Crippen LogP contribution < -0.4 is 15.2 Å². The number of pyridine rings is 1. The lowest BCUT2D eigenvalue weighted by Gasteiger charge is -2.07. The molecule has 0 unspecified atom stereocenters. The molecular formula is C14H15N3O3. The van der Waals surface area contributed by atoms with Crippen molar-refractivity contribution in [1.29, 1.82) is 0 Å². The largest absolute Gasteiger partial charge is 0.497 e. The van der Waals surface area contributed by atoms with Crippen LogP contribution in [0.3, 0.4) is 0 Å². The zero-order valence-corrected chi connectivity index (χ0v) is 11.0.